The molecule has 5 N–H and O–H groups in total. The number of aliphatic hydroxyl groups excluding tert-OH is 3. The van der Waals surface area contributed by atoms with Crippen LogP contribution in [0.5, 0.6) is 0 Å². The van der Waals surface area contributed by atoms with E-state index in [-0.39, 0.29) is 17.9 Å². The Morgan fingerprint density at radius 3 is 2.38 bits per heavy atom. The Morgan fingerprint density at radius 1 is 1.02 bits per heavy atom. The lowest BCUT2D eigenvalue weighted by Gasteiger charge is -2.44. The van der Waals surface area contributed by atoms with Crippen molar-refractivity contribution in [1.29, 1.82) is 0 Å². The number of fused-ring (bicyclic) bond motifs is 1. The molecule has 0 spiro atoms. The predicted octanol–water partition coefficient (Wildman–Crippen LogP) is 2.40. The van der Waals surface area contributed by atoms with Crippen molar-refractivity contribution in [3.8, 4) is 11.1 Å². The Labute approximate surface area is 244 Å². The molecule has 1 amide bonds. The lowest BCUT2D eigenvalue weighted by molar-refractivity contribution is -0.205. The van der Waals surface area contributed by atoms with Gasteiger partial charge >= 0.3 is 0 Å². The molecule has 3 heterocycles. The molecule has 2 aromatic carbocycles. The molecule has 2 saturated heterocycles. The second-order valence-corrected chi connectivity index (χ2v) is 12.3. The summed E-state index contributed by atoms with van der Waals surface area (Å²) >= 11 is 7.67. The molecule has 0 aromatic heterocycles. The number of rotatable bonds is 7. The van der Waals surface area contributed by atoms with Crippen LogP contribution in [0.4, 0.5) is 0 Å². The maximum absolute atomic E-state index is 13.5. The van der Waals surface area contributed by atoms with Gasteiger partial charge in [-0.1, -0.05) is 60.7 Å². The highest BCUT2D eigenvalue weighted by Gasteiger charge is 2.49. The highest BCUT2D eigenvalue weighted by Crippen LogP contribution is 2.34. The largest absolute Gasteiger partial charge is 0.388 e. The molecule has 0 bridgehead atoms. The van der Waals surface area contributed by atoms with Crippen LogP contribution >= 0.6 is 23.4 Å². The number of carbonyl (C=O) groups excluding carboxylic acids is 1. The SMILES string of the molecule is CSC1O[C@H]([C@H](NC(=O)[C@H]2NC[C@@H]3CC(c4ccc(-c5ccccc5)cc4)=CCO[C@H]32)[C@H](C)Cl)C(O)C(O)[C@H]1O. The van der Waals surface area contributed by atoms with E-state index in [9.17, 15) is 20.1 Å². The quantitative estimate of drug-likeness (QED) is 0.313. The first-order valence-electron chi connectivity index (χ1n) is 13.6. The highest BCUT2D eigenvalue weighted by molar-refractivity contribution is 7.99. The summed E-state index contributed by atoms with van der Waals surface area (Å²) in [5.74, 6) is -0.211. The summed E-state index contributed by atoms with van der Waals surface area (Å²) in [4.78, 5) is 13.5. The minimum Gasteiger partial charge on any atom is -0.388 e. The Morgan fingerprint density at radius 2 is 1.70 bits per heavy atom. The number of alkyl halides is 1. The zero-order chi connectivity index (χ0) is 28.4. The van der Waals surface area contributed by atoms with Crippen molar-refractivity contribution in [2.24, 2.45) is 5.92 Å². The van der Waals surface area contributed by atoms with Gasteiger partial charge in [0.25, 0.3) is 0 Å². The third-order valence-corrected chi connectivity index (χ3v) is 9.26. The lowest BCUT2D eigenvalue weighted by Crippen LogP contribution is -2.65. The summed E-state index contributed by atoms with van der Waals surface area (Å²) in [5.41, 5.74) is 3.90. The zero-order valence-corrected chi connectivity index (χ0v) is 24.1. The van der Waals surface area contributed by atoms with Crippen LogP contribution in [0, 0.1) is 5.92 Å². The Bertz CT molecular complexity index is 1180. The monoisotopic (exact) mass is 588 g/mol. The van der Waals surface area contributed by atoms with Crippen LogP contribution in [0.2, 0.25) is 0 Å². The third-order valence-electron chi connectivity index (χ3n) is 8.14. The first-order chi connectivity index (χ1) is 19.3. The van der Waals surface area contributed by atoms with Gasteiger partial charge in [-0.3, -0.25) is 4.79 Å². The average Bonchev–Trinajstić information content (AvgIpc) is 3.25. The summed E-state index contributed by atoms with van der Waals surface area (Å²) in [6.45, 7) is 2.70. The molecule has 3 unspecified atom stereocenters. The second kappa shape index (κ2) is 12.9. The fourth-order valence-electron chi connectivity index (χ4n) is 5.89. The molecular weight excluding hydrogens is 552 g/mol. The van der Waals surface area contributed by atoms with Gasteiger partial charge < -0.3 is 35.4 Å². The summed E-state index contributed by atoms with van der Waals surface area (Å²) < 4.78 is 12.1. The number of nitrogens with one attached hydrogen (secondary N) is 2. The van der Waals surface area contributed by atoms with Crippen LogP contribution < -0.4 is 10.6 Å². The standard InChI is InChI=1S/C30H37ClN2O6S/c1-16(31)22(28-25(35)24(34)26(36)30(39-28)40-2)33-29(37)23-27-21(15-32-23)14-20(12-13-38-27)19-10-8-18(9-11-19)17-6-4-3-5-7-17/h3-12,16,21-28,30,32,34-36H,13-15H2,1-2H3,(H,33,37)/t16-,21-,22+,23-,24?,25?,26+,27+,28+,30?/m0/s1. The third kappa shape index (κ3) is 6.12. The Hall–Kier alpha value is -1.95. The molecule has 10 atom stereocenters. The minimum atomic E-state index is -1.42. The molecular formula is C30H37ClN2O6S. The number of thioether (sulfide) groups is 1. The number of benzene rings is 2. The first-order valence-corrected chi connectivity index (χ1v) is 15.4. The van der Waals surface area contributed by atoms with Gasteiger partial charge in [0, 0.05) is 12.5 Å². The van der Waals surface area contributed by atoms with Crippen LogP contribution in [-0.4, -0.2) is 94.1 Å². The smallest absolute Gasteiger partial charge is 0.240 e. The molecule has 8 nitrogen and oxygen atoms in total. The van der Waals surface area contributed by atoms with Crippen molar-refractivity contribution in [3.63, 3.8) is 0 Å². The van der Waals surface area contributed by atoms with Gasteiger partial charge in [0.2, 0.25) is 5.91 Å². The Balaban J connectivity index is 1.25. The minimum absolute atomic E-state index is 0.0968. The number of hydrogen-bond donors (Lipinski definition) is 5. The molecule has 0 radical (unpaired) electrons. The van der Waals surface area contributed by atoms with Crippen molar-refractivity contribution < 1.29 is 29.6 Å². The van der Waals surface area contributed by atoms with E-state index in [1.807, 2.05) is 18.2 Å². The number of ether oxygens (including phenoxy) is 2. The van der Waals surface area contributed by atoms with Gasteiger partial charge in [-0.2, -0.15) is 0 Å². The summed E-state index contributed by atoms with van der Waals surface area (Å²) in [5, 5.41) is 36.9. The topological polar surface area (TPSA) is 120 Å². The van der Waals surface area contributed by atoms with E-state index in [1.54, 1.807) is 13.2 Å². The summed E-state index contributed by atoms with van der Waals surface area (Å²) in [6.07, 6.45) is -0.824. The number of halogens is 1. The van der Waals surface area contributed by atoms with Crippen LogP contribution in [0.15, 0.2) is 60.7 Å². The fraction of sp³-hybridized carbons (Fsp3) is 0.500. The van der Waals surface area contributed by atoms with Crippen LogP contribution in [0.25, 0.3) is 16.7 Å². The van der Waals surface area contributed by atoms with Crippen molar-refractivity contribution in [2.75, 3.05) is 19.4 Å². The van der Waals surface area contributed by atoms with Gasteiger partial charge in [-0.15, -0.1) is 23.4 Å². The van der Waals surface area contributed by atoms with E-state index in [2.05, 4.69) is 53.1 Å². The molecule has 0 saturated carbocycles. The van der Waals surface area contributed by atoms with E-state index in [1.165, 1.54) is 22.9 Å². The molecule has 2 fully saturated rings. The van der Waals surface area contributed by atoms with Gasteiger partial charge in [0.05, 0.1) is 24.1 Å². The zero-order valence-electron chi connectivity index (χ0n) is 22.5. The molecule has 0 aliphatic carbocycles. The van der Waals surface area contributed by atoms with Gasteiger partial charge in [0.15, 0.2) is 0 Å². The van der Waals surface area contributed by atoms with Crippen molar-refractivity contribution in [3.05, 3.63) is 66.2 Å². The molecule has 40 heavy (non-hydrogen) atoms. The maximum Gasteiger partial charge on any atom is 0.240 e. The van der Waals surface area contributed by atoms with E-state index >= 15 is 0 Å². The molecule has 5 rings (SSSR count). The molecule has 216 valence electrons. The van der Waals surface area contributed by atoms with Gasteiger partial charge in [-0.25, -0.2) is 0 Å². The van der Waals surface area contributed by atoms with Gasteiger partial charge in [0.1, 0.15) is 35.9 Å². The number of allylic oxidation sites excluding steroid dienone is 1. The first kappa shape index (κ1) is 29.5. The maximum atomic E-state index is 13.5. The average molecular weight is 589 g/mol. The summed E-state index contributed by atoms with van der Waals surface area (Å²) in [6, 6.07) is 17.4. The van der Waals surface area contributed by atoms with Crippen LogP contribution in [-0.2, 0) is 14.3 Å². The highest BCUT2D eigenvalue weighted by atomic mass is 35.5. The van der Waals surface area contributed by atoms with Gasteiger partial charge in [-0.05, 0) is 41.9 Å². The van der Waals surface area contributed by atoms with Crippen molar-refractivity contribution >= 4 is 34.8 Å². The van der Waals surface area contributed by atoms with Crippen molar-refractivity contribution in [2.45, 2.75) is 66.8 Å². The van der Waals surface area contributed by atoms with Crippen LogP contribution in [0.3, 0.4) is 0 Å². The van der Waals surface area contributed by atoms with Crippen molar-refractivity contribution in [1.82, 2.24) is 10.6 Å². The molecule has 10 heteroatoms. The second-order valence-electron chi connectivity index (χ2n) is 10.7. The number of carbonyl (C=O) groups is 1. The number of amides is 1. The predicted molar refractivity (Wildman–Crippen MR) is 157 cm³/mol. The molecule has 3 aliphatic rings. The van der Waals surface area contributed by atoms with E-state index in [4.69, 9.17) is 21.1 Å². The fourth-order valence-corrected chi connectivity index (χ4v) is 6.78. The van der Waals surface area contributed by atoms with E-state index in [0.717, 1.165) is 17.5 Å². The van der Waals surface area contributed by atoms with Crippen LogP contribution in [0.1, 0.15) is 18.9 Å². The number of hydrogen-bond acceptors (Lipinski definition) is 8. The van der Waals surface area contributed by atoms with E-state index in [0.29, 0.717) is 13.2 Å². The lowest BCUT2D eigenvalue weighted by atomic mass is 9.90. The van der Waals surface area contributed by atoms with E-state index < -0.39 is 47.3 Å². The molecule has 2 aromatic rings. The Kier molecular flexibility index (Phi) is 9.54. The molecule has 3 aliphatic heterocycles. The normalized spacial score (nSPS) is 33.8. The summed E-state index contributed by atoms with van der Waals surface area (Å²) in [7, 11) is 0. The number of aliphatic hydroxyl groups is 3.